The van der Waals surface area contributed by atoms with Gasteiger partial charge in [0.05, 0.1) is 0 Å². The van der Waals surface area contributed by atoms with Gasteiger partial charge >= 0.3 is 29.6 Å². The fourth-order valence-corrected chi connectivity index (χ4v) is 3.70. The van der Waals surface area contributed by atoms with E-state index in [1.807, 2.05) is 0 Å². The van der Waals surface area contributed by atoms with Crippen molar-refractivity contribution in [3.05, 3.63) is 26.9 Å². The van der Waals surface area contributed by atoms with Crippen LogP contribution in [-0.2, 0) is 57.0 Å². The zero-order valence-corrected chi connectivity index (χ0v) is 21.8. The molecule has 0 aliphatic carbocycles. The molecular weight excluding hydrogens is 516 g/mol. The van der Waals surface area contributed by atoms with E-state index in [9.17, 15) is 28.8 Å². The van der Waals surface area contributed by atoms with E-state index < -0.39 is 72.4 Å². The van der Waals surface area contributed by atoms with E-state index in [0.717, 1.165) is 42.9 Å². The van der Waals surface area contributed by atoms with Crippen LogP contribution in [0.4, 0.5) is 5.82 Å². The van der Waals surface area contributed by atoms with Crippen molar-refractivity contribution in [1.29, 1.82) is 0 Å². The van der Waals surface area contributed by atoms with Gasteiger partial charge in [0.2, 0.25) is 0 Å². The molecule has 5 atom stereocenters. The van der Waals surface area contributed by atoms with Crippen molar-refractivity contribution in [2.24, 2.45) is 14.1 Å². The van der Waals surface area contributed by atoms with Crippen LogP contribution in [0.3, 0.4) is 0 Å². The van der Waals surface area contributed by atoms with Gasteiger partial charge in [0, 0.05) is 47.9 Å². The zero-order valence-electron chi connectivity index (χ0n) is 21.0. The molecule has 0 saturated carbocycles. The van der Waals surface area contributed by atoms with Crippen LogP contribution in [0.25, 0.3) is 0 Å². The first-order valence-corrected chi connectivity index (χ1v) is 11.3. The van der Waals surface area contributed by atoms with Gasteiger partial charge in [-0.3, -0.25) is 33.1 Å². The zero-order chi connectivity index (χ0) is 28.0. The number of ether oxygens (including phenoxy) is 5. The lowest BCUT2D eigenvalue weighted by Gasteiger charge is -2.44. The van der Waals surface area contributed by atoms with Crippen molar-refractivity contribution < 1.29 is 42.9 Å². The van der Waals surface area contributed by atoms with Crippen LogP contribution in [0.2, 0.25) is 0 Å². The number of thiocarbonyl (C=S) groups is 1. The maximum absolute atomic E-state index is 12.2. The second-order valence-corrected chi connectivity index (χ2v) is 8.39. The molecule has 0 radical (unpaired) electrons. The van der Waals surface area contributed by atoms with Crippen LogP contribution >= 0.6 is 12.2 Å². The monoisotopic (exact) mass is 544 g/mol. The fraction of sp³-hybridized carbons (Fsp3) is 0.571. The molecule has 0 amide bonds. The Bertz CT molecular complexity index is 1190. The molecule has 16 heteroatoms. The molecule has 0 unspecified atom stereocenters. The van der Waals surface area contributed by atoms with Crippen molar-refractivity contribution in [1.82, 2.24) is 14.5 Å². The Labute approximate surface area is 215 Å². The van der Waals surface area contributed by atoms with E-state index in [-0.39, 0.29) is 10.9 Å². The number of carbonyl (C=O) groups is 4. The number of aromatic nitrogens is 2. The Morgan fingerprint density at radius 1 is 0.892 bits per heavy atom. The summed E-state index contributed by atoms with van der Waals surface area (Å²) >= 11 is 5.29. The van der Waals surface area contributed by atoms with E-state index in [1.165, 1.54) is 14.1 Å². The summed E-state index contributed by atoms with van der Waals surface area (Å²) in [5, 5.41) is 5.22. The third kappa shape index (κ3) is 7.85. The summed E-state index contributed by atoms with van der Waals surface area (Å²) in [5.74, 6) is -2.97. The maximum Gasteiger partial charge on any atom is 0.332 e. The van der Waals surface area contributed by atoms with Crippen LogP contribution in [-0.4, -0.2) is 75.4 Å². The Hall–Kier alpha value is -3.79. The molecule has 2 heterocycles. The van der Waals surface area contributed by atoms with E-state index in [2.05, 4.69) is 10.6 Å². The molecule has 1 aliphatic rings. The highest BCUT2D eigenvalue weighted by Crippen LogP contribution is 2.28. The second kappa shape index (κ2) is 12.4. The number of carbonyl (C=O) groups excluding carboxylic acids is 4. The Kier molecular flexibility index (Phi) is 9.90. The largest absolute Gasteiger partial charge is 0.463 e. The number of nitrogens with one attached hydrogen (secondary N) is 2. The van der Waals surface area contributed by atoms with Gasteiger partial charge in [0.15, 0.2) is 29.7 Å². The van der Waals surface area contributed by atoms with Gasteiger partial charge in [0.25, 0.3) is 5.56 Å². The van der Waals surface area contributed by atoms with Crippen molar-refractivity contribution >= 4 is 47.0 Å². The minimum absolute atomic E-state index is 0.0382. The highest BCUT2D eigenvalue weighted by molar-refractivity contribution is 7.80. The Morgan fingerprint density at radius 3 is 1.97 bits per heavy atom. The first kappa shape index (κ1) is 29.4. The van der Waals surface area contributed by atoms with Crippen molar-refractivity contribution in [3.8, 4) is 0 Å². The van der Waals surface area contributed by atoms with Gasteiger partial charge in [-0.1, -0.05) is 0 Å². The van der Waals surface area contributed by atoms with Crippen LogP contribution < -0.4 is 21.9 Å². The van der Waals surface area contributed by atoms with E-state index in [0.29, 0.717) is 0 Å². The second-order valence-electron chi connectivity index (χ2n) is 7.99. The number of esters is 4. The highest BCUT2D eigenvalue weighted by atomic mass is 32.1. The van der Waals surface area contributed by atoms with Crippen molar-refractivity contribution in [2.45, 2.75) is 58.3 Å². The molecule has 2 N–H and O–H groups in total. The molecular formula is C21H28N4O11S. The summed E-state index contributed by atoms with van der Waals surface area (Å²) in [6.45, 7) is 4.03. The topological polar surface area (TPSA) is 182 Å². The minimum Gasteiger partial charge on any atom is -0.463 e. The van der Waals surface area contributed by atoms with E-state index in [1.54, 1.807) is 0 Å². The van der Waals surface area contributed by atoms with E-state index >= 15 is 0 Å². The summed E-state index contributed by atoms with van der Waals surface area (Å²) < 4.78 is 28.9. The number of hydrogen-bond acceptors (Lipinski definition) is 12. The van der Waals surface area contributed by atoms with Crippen LogP contribution in [0, 0.1) is 0 Å². The van der Waals surface area contributed by atoms with Crippen LogP contribution in [0.5, 0.6) is 0 Å². The van der Waals surface area contributed by atoms with Crippen LogP contribution in [0.1, 0.15) is 27.7 Å². The number of rotatable bonds is 7. The average Bonchev–Trinajstić information content (AvgIpc) is 2.77. The minimum atomic E-state index is -1.40. The SMILES string of the molecule is CC(=O)OC[C@H]1O[C@@H](NC(=S)Nc2cc(=O)n(C)c(=O)n2C)[C@H](OC(C)=O)[C@@H](OC(C)=O)[C@@H]1OC(C)=O. The fourth-order valence-electron chi connectivity index (χ4n) is 3.48. The summed E-state index contributed by atoms with van der Waals surface area (Å²) in [7, 11) is 2.71. The molecule has 2 rings (SSSR count). The van der Waals surface area contributed by atoms with Gasteiger partial charge < -0.3 is 34.3 Å². The predicted octanol–water partition coefficient (Wildman–Crippen LogP) is -1.55. The summed E-state index contributed by atoms with van der Waals surface area (Å²) in [6, 6.07) is 1.13. The number of hydrogen-bond donors (Lipinski definition) is 2. The van der Waals surface area contributed by atoms with Crippen molar-refractivity contribution in [2.75, 3.05) is 11.9 Å². The molecule has 0 bridgehead atoms. The van der Waals surface area contributed by atoms with Gasteiger partial charge in [-0.15, -0.1) is 0 Å². The summed E-state index contributed by atoms with van der Waals surface area (Å²) in [4.78, 5) is 71.2. The molecule has 15 nitrogen and oxygen atoms in total. The summed E-state index contributed by atoms with van der Waals surface area (Å²) in [5.41, 5.74) is -1.22. The van der Waals surface area contributed by atoms with Gasteiger partial charge in [0.1, 0.15) is 18.5 Å². The molecule has 204 valence electrons. The molecule has 1 aromatic heterocycles. The van der Waals surface area contributed by atoms with Gasteiger partial charge in [-0.05, 0) is 12.2 Å². The number of nitrogens with zero attached hydrogens (tertiary/aromatic N) is 2. The standard InChI is InChI=1S/C21H28N4O11S/c1-9(26)32-8-13-16(33-10(2)27)17(34-11(3)28)18(35-12(4)29)19(36-13)23-20(37)22-14-7-15(30)25(6)21(31)24(14)5/h7,13,16-19H,8H2,1-6H3,(H2,22,23,37)/t13-,16-,17+,18-,19-/m1/s1. The lowest BCUT2D eigenvalue weighted by atomic mass is 9.97. The summed E-state index contributed by atoms with van der Waals surface area (Å²) in [6.07, 6.45) is -6.63. The molecule has 1 aliphatic heterocycles. The normalized spacial score (nSPS) is 22.8. The number of anilines is 1. The molecule has 1 fully saturated rings. The molecule has 0 aromatic carbocycles. The Balaban J connectivity index is 2.43. The average molecular weight is 545 g/mol. The molecule has 0 spiro atoms. The Morgan fingerprint density at radius 2 is 1.43 bits per heavy atom. The third-order valence-electron chi connectivity index (χ3n) is 5.03. The quantitative estimate of drug-likeness (QED) is 0.229. The van der Waals surface area contributed by atoms with Crippen LogP contribution in [0.15, 0.2) is 15.7 Å². The smallest absolute Gasteiger partial charge is 0.332 e. The molecule has 1 aromatic rings. The van der Waals surface area contributed by atoms with E-state index in [4.69, 9.17) is 35.9 Å². The lowest BCUT2D eigenvalue weighted by molar-refractivity contribution is -0.254. The predicted molar refractivity (Wildman–Crippen MR) is 128 cm³/mol. The molecule has 1 saturated heterocycles. The van der Waals surface area contributed by atoms with Gasteiger partial charge in [-0.25, -0.2) is 4.79 Å². The molecule has 37 heavy (non-hydrogen) atoms. The highest BCUT2D eigenvalue weighted by Gasteiger charge is 2.52. The third-order valence-corrected chi connectivity index (χ3v) is 5.25. The lowest BCUT2D eigenvalue weighted by Crippen LogP contribution is -2.66. The van der Waals surface area contributed by atoms with Crippen molar-refractivity contribution in [3.63, 3.8) is 0 Å². The van der Waals surface area contributed by atoms with Gasteiger partial charge in [-0.2, -0.15) is 0 Å². The maximum atomic E-state index is 12.2. The first-order valence-electron chi connectivity index (χ1n) is 10.9. The first-order chi connectivity index (χ1) is 17.2.